The third kappa shape index (κ3) is 4.72. The lowest BCUT2D eigenvalue weighted by molar-refractivity contribution is -0.386. The van der Waals surface area contributed by atoms with Crippen molar-refractivity contribution in [1.29, 1.82) is 0 Å². The van der Waals surface area contributed by atoms with Gasteiger partial charge in [0.25, 0.3) is 0 Å². The first-order valence-corrected chi connectivity index (χ1v) is 5.92. The Labute approximate surface area is 111 Å². The fourth-order valence-electron chi connectivity index (χ4n) is 1.42. The smallest absolute Gasteiger partial charge is 0.311 e. The highest BCUT2D eigenvalue weighted by atomic mass is 16.6. The molecule has 0 aliphatic carbocycles. The van der Waals surface area contributed by atoms with Crippen LogP contribution in [-0.4, -0.2) is 40.5 Å². The molecule has 0 aromatic heterocycles. The second kappa shape index (κ2) is 6.91. The monoisotopic (exact) mass is 270 g/mol. The summed E-state index contributed by atoms with van der Waals surface area (Å²) in [5.41, 5.74) is 0.468. The summed E-state index contributed by atoms with van der Waals surface area (Å²) in [7, 11) is 0. The van der Waals surface area contributed by atoms with Crippen LogP contribution < -0.4 is 10.1 Å². The molecular formula is C12H18N2O5. The zero-order valence-electron chi connectivity index (χ0n) is 10.9. The van der Waals surface area contributed by atoms with Gasteiger partial charge in [0, 0.05) is 24.4 Å². The van der Waals surface area contributed by atoms with Crippen molar-refractivity contribution in [3.05, 3.63) is 28.3 Å². The van der Waals surface area contributed by atoms with Gasteiger partial charge in [0.05, 0.1) is 23.7 Å². The van der Waals surface area contributed by atoms with Gasteiger partial charge in [-0.3, -0.25) is 10.1 Å². The Hall–Kier alpha value is -1.86. The van der Waals surface area contributed by atoms with Crippen molar-refractivity contribution >= 4 is 11.4 Å². The zero-order valence-corrected chi connectivity index (χ0v) is 10.9. The minimum absolute atomic E-state index is 0.109. The third-order valence-corrected chi connectivity index (χ3v) is 2.27. The molecule has 19 heavy (non-hydrogen) atoms. The number of hydrogen-bond acceptors (Lipinski definition) is 6. The van der Waals surface area contributed by atoms with Crippen molar-refractivity contribution in [2.75, 3.05) is 18.5 Å². The van der Waals surface area contributed by atoms with Crippen molar-refractivity contribution in [2.45, 2.75) is 26.1 Å². The molecule has 1 unspecified atom stereocenters. The maximum Gasteiger partial charge on any atom is 0.311 e. The van der Waals surface area contributed by atoms with Gasteiger partial charge in [-0.1, -0.05) is 0 Å². The summed E-state index contributed by atoms with van der Waals surface area (Å²) in [6, 6.07) is 4.36. The topological polar surface area (TPSA) is 105 Å². The normalized spacial score (nSPS) is 12.3. The van der Waals surface area contributed by atoms with E-state index < -0.39 is 11.0 Å². The highest BCUT2D eigenvalue weighted by molar-refractivity contribution is 5.58. The van der Waals surface area contributed by atoms with Gasteiger partial charge in [-0.25, -0.2) is 0 Å². The number of aliphatic hydroxyl groups excluding tert-OH is 2. The number of nitro benzene ring substituents is 1. The lowest BCUT2D eigenvalue weighted by Crippen LogP contribution is -2.23. The van der Waals surface area contributed by atoms with E-state index in [0.717, 1.165) is 0 Å². The Bertz CT molecular complexity index is 436. The van der Waals surface area contributed by atoms with Gasteiger partial charge >= 0.3 is 5.69 Å². The molecule has 0 spiro atoms. The van der Waals surface area contributed by atoms with Gasteiger partial charge in [0.2, 0.25) is 0 Å². The molecule has 1 aromatic carbocycles. The fraction of sp³-hybridized carbons (Fsp3) is 0.500. The van der Waals surface area contributed by atoms with Crippen LogP contribution in [0.2, 0.25) is 0 Å². The first-order chi connectivity index (χ1) is 8.93. The molecule has 0 heterocycles. The molecule has 0 bridgehead atoms. The summed E-state index contributed by atoms with van der Waals surface area (Å²) in [5, 5.41) is 31.6. The maximum absolute atomic E-state index is 10.9. The van der Waals surface area contributed by atoms with Crippen LogP contribution >= 0.6 is 0 Å². The molecule has 7 heteroatoms. The van der Waals surface area contributed by atoms with Crippen LogP contribution in [0.5, 0.6) is 5.75 Å². The number of rotatable bonds is 7. The van der Waals surface area contributed by atoms with Crippen molar-refractivity contribution in [3.8, 4) is 5.75 Å². The Morgan fingerprint density at radius 1 is 1.47 bits per heavy atom. The molecule has 3 N–H and O–H groups in total. The lowest BCUT2D eigenvalue weighted by atomic mass is 10.2. The summed E-state index contributed by atoms with van der Waals surface area (Å²) in [6.07, 6.45) is -1.07. The van der Waals surface area contributed by atoms with E-state index >= 15 is 0 Å². The number of aliphatic hydroxyl groups is 2. The average molecular weight is 270 g/mol. The highest BCUT2D eigenvalue weighted by Gasteiger charge is 2.16. The maximum atomic E-state index is 10.9. The molecule has 106 valence electrons. The molecule has 0 aliphatic heterocycles. The van der Waals surface area contributed by atoms with Crippen molar-refractivity contribution in [2.24, 2.45) is 0 Å². The summed E-state index contributed by atoms with van der Waals surface area (Å²) in [6.45, 7) is 3.35. The van der Waals surface area contributed by atoms with Crippen LogP contribution in [0.4, 0.5) is 11.4 Å². The number of nitrogens with one attached hydrogen (secondary N) is 1. The Morgan fingerprint density at radius 3 is 2.68 bits per heavy atom. The predicted octanol–water partition coefficient (Wildman–Crippen LogP) is 1.15. The van der Waals surface area contributed by atoms with Gasteiger partial charge in [0.15, 0.2) is 5.75 Å². The van der Waals surface area contributed by atoms with E-state index in [1.807, 2.05) is 0 Å². The van der Waals surface area contributed by atoms with Crippen LogP contribution in [0.1, 0.15) is 13.8 Å². The van der Waals surface area contributed by atoms with Crippen molar-refractivity contribution in [1.82, 2.24) is 0 Å². The number of benzene rings is 1. The summed E-state index contributed by atoms with van der Waals surface area (Å²) >= 11 is 0. The second-order valence-corrected chi connectivity index (χ2v) is 4.32. The summed E-state index contributed by atoms with van der Waals surface area (Å²) in [5.74, 6) is 0.170. The molecule has 7 nitrogen and oxygen atoms in total. The quantitative estimate of drug-likeness (QED) is 0.507. The minimum atomic E-state index is -0.885. The number of anilines is 1. The van der Waals surface area contributed by atoms with E-state index in [1.165, 1.54) is 18.2 Å². The van der Waals surface area contributed by atoms with E-state index in [4.69, 9.17) is 9.84 Å². The molecule has 0 amide bonds. The first-order valence-electron chi connectivity index (χ1n) is 5.92. The molecule has 0 fully saturated rings. The number of hydrogen-bond donors (Lipinski definition) is 3. The molecule has 1 atom stereocenters. The number of ether oxygens (including phenoxy) is 1. The van der Waals surface area contributed by atoms with Gasteiger partial charge in [0.1, 0.15) is 0 Å². The van der Waals surface area contributed by atoms with Crippen LogP contribution in [-0.2, 0) is 0 Å². The highest BCUT2D eigenvalue weighted by Crippen LogP contribution is 2.30. The van der Waals surface area contributed by atoms with Gasteiger partial charge in [-0.05, 0) is 19.9 Å². The van der Waals surface area contributed by atoms with Crippen LogP contribution in [0.25, 0.3) is 0 Å². The zero-order chi connectivity index (χ0) is 14.4. The Kier molecular flexibility index (Phi) is 5.53. The van der Waals surface area contributed by atoms with Gasteiger partial charge < -0.3 is 20.3 Å². The van der Waals surface area contributed by atoms with Crippen LogP contribution in [0.3, 0.4) is 0 Å². The lowest BCUT2D eigenvalue weighted by Gasteiger charge is -2.13. The molecule has 0 saturated carbocycles. The van der Waals surface area contributed by atoms with Crippen molar-refractivity contribution < 1.29 is 19.9 Å². The van der Waals surface area contributed by atoms with E-state index in [0.29, 0.717) is 5.69 Å². The van der Waals surface area contributed by atoms with Gasteiger partial charge in [-0.15, -0.1) is 0 Å². The minimum Gasteiger partial charge on any atom is -0.484 e. The summed E-state index contributed by atoms with van der Waals surface area (Å²) in [4.78, 5) is 10.3. The molecule has 0 radical (unpaired) electrons. The molecular weight excluding hydrogens is 252 g/mol. The average Bonchev–Trinajstić information content (AvgIpc) is 2.35. The largest absolute Gasteiger partial charge is 0.484 e. The molecule has 0 saturated heterocycles. The standard InChI is InChI=1S/C12H18N2O5/c1-8(2)19-12-5-9(13-6-10(16)7-15)3-4-11(12)14(17)18/h3-5,8,10,13,15-16H,6-7H2,1-2H3. The SMILES string of the molecule is CC(C)Oc1cc(NCC(O)CO)ccc1[N+](=O)[O-]. The number of nitrogens with zero attached hydrogens (tertiary/aromatic N) is 1. The number of nitro groups is 1. The molecule has 1 rings (SSSR count). The fourth-order valence-corrected chi connectivity index (χ4v) is 1.42. The van der Waals surface area contributed by atoms with Crippen LogP contribution in [0, 0.1) is 10.1 Å². The van der Waals surface area contributed by atoms with E-state index in [2.05, 4.69) is 5.32 Å². The first kappa shape index (κ1) is 15.2. The molecule has 1 aromatic rings. The predicted molar refractivity (Wildman–Crippen MR) is 70.4 cm³/mol. The van der Waals surface area contributed by atoms with E-state index in [9.17, 15) is 15.2 Å². The Balaban J connectivity index is 2.88. The van der Waals surface area contributed by atoms with Crippen molar-refractivity contribution in [3.63, 3.8) is 0 Å². The second-order valence-electron chi connectivity index (χ2n) is 4.32. The van der Waals surface area contributed by atoms with E-state index in [1.54, 1.807) is 13.8 Å². The molecule has 0 aliphatic rings. The third-order valence-electron chi connectivity index (χ3n) is 2.27. The summed E-state index contributed by atoms with van der Waals surface area (Å²) < 4.78 is 5.39. The van der Waals surface area contributed by atoms with Crippen LogP contribution in [0.15, 0.2) is 18.2 Å². The Morgan fingerprint density at radius 2 is 2.16 bits per heavy atom. The van der Waals surface area contributed by atoms with E-state index in [-0.39, 0.29) is 30.7 Å². The van der Waals surface area contributed by atoms with Gasteiger partial charge in [-0.2, -0.15) is 0 Å².